The van der Waals surface area contributed by atoms with Crippen molar-refractivity contribution in [1.29, 1.82) is 0 Å². The number of carbonyl (C=O) groups is 1. The van der Waals surface area contributed by atoms with Crippen molar-refractivity contribution in [2.75, 3.05) is 0 Å². The lowest BCUT2D eigenvalue weighted by molar-refractivity contribution is -0.274. The molecule has 1 aromatic carbocycles. The first kappa shape index (κ1) is 20.4. The molecule has 0 bridgehead atoms. The minimum absolute atomic E-state index is 0.0830. The fourth-order valence-corrected chi connectivity index (χ4v) is 3.80. The zero-order chi connectivity index (χ0) is 20.1. The molecule has 1 amide bonds. The van der Waals surface area contributed by atoms with Gasteiger partial charge in [-0.05, 0) is 54.5 Å². The summed E-state index contributed by atoms with van der Waals surface area (Å²) in [6.45, 7) is 1.77. The number of amides is 1. The van der Waals surface area contributed by atoms with Crippen LogP contribution in [0.4, 0.5) is 13.2 Å². The van der Waals surface area contributed by atoms with Crippen LogP contribution >= 0.6 is 11.8 Å². The second kappa shape index (κ2) is 8.80. The third kappa shape index (κ3) is 5.60. The van der Waals surface area contributed by atoms with Crippen molar-refractivity contribution in [3.63, 3.8) is 0 Å². The van der Waals surface area contributed by atoms with Crippen LogP contribution in [-0.2, 0) is 4.79 Å². The Hall–Kier alpha value is -2.30. The van der Waals surface area contributed by atoms with E-state index in [0.29, 0.717) is 10.8 Å². The van der Waals surface area contributed by atoms with Crippen molar-refractivity contribution < 1.29 is 22.7 Å². The van der Waals surface area contributed by atoms with Gasteiger partial charge in [-0.25, -0.2) is 0 Å². The number of nitrogens with one attached hydrogen (secondary N) is 1. The molecule has 0 radical (unpaired) electrons. The zero-order valence-corrected chi connectivity index (χ0v) is 16.0. The van der Waals surface area contributed by atoms with Crippen LogP contribution < -0.4 is 10.1 Å². The molecule has 0 spiro atoms. The van der Waals surface area contributed by atoms with E-state index in [4.69, 9.17) is 0 Å². The topological polar surface area (TPSA) is 81.9 Å². The van der Waals surface area contributed by atoms with Crippen LogP contribution in [0.2, 0.25) is 0 Å². The maximum Gasteiger partial charge on any atom is 0.573 e. The standard InChI is InChI=1S/C17H20F3N5O2S/c1-11(15(26)21-12-5-3-2-4-6-12)28-16-22-23-24-25(16)13-7-9-14(10-8-13)27-17(18,19)20/h7-12H,2-6H2,1H3,(H,21,26)/t11-/m1/s1. The Morgan fingerprint density at radius 3 is 2.57 bits per heavy atom. The summed E-state index contributed by atoms with van der Waals surface area (Å²) in [6.07, 6.45) is 0.689. The van der Waals surface area contributed by atoms with Crippen molar-refractivity contribution in [3.05, 3.63) is 24.3 Å². The zero-order valence-electron chi connectivity index (χ0n) is 15.1. The van der Waals surface area contributed by atoms with Gasteiger partial charge in [0, 0.05) is 6.04 Å². The summed E-state index contributed by atoms with van der Waals surface area (Å²) in [5.74, 6) is -0.417. The average molecular weight is 415 g/mol. The molecular formula is C17H20F3N5O2S. The molecule has 11 heteroatoms. The van der Waals surface area contributed by atoms with Gasteiger partial charge in [0.15, 0.2) is 0 Å². The lowest BCUT2D eigenvalue weighted by Gasteiger charge is -2.24. The Balaban J connectivity index is 1.63. The number of carbonyl (C=O) groups excluding carboxylic acids is 1. The number of alkyl halides is 3. The Labute approximate surface area is 164 Å². The number of benzene rings is 1. The van der Waals surface area contributed by atoms with E-state index in [0.717, 1.165) is 25.7 Å². The van der Waals surface area contributed by atoms with E-state index < -0.39 is 11.6 Å². The molecule has 1 aliphatic rings. The van der Waals surface area contributed by atoms with Crippen molar-refractivity contribution in [3.8, 4) is 11.4 Å². The van der Waals surface area contributed by atoms with E-state index in [1.54, 1.807) is 6.92 Å². The highest BCUT2D eigenvalue weighted by atomic mass is 32.2. The molecule has 1 heterocycles. The van der Waals surface area contributed by atoms with Gasteiger partial charge in [-0.1, -0.05) is 31.0 Å². The Bertz CT molecular complexity index is 791. The number of aromatic nitrogens is 4. The minimum Gasteiger partial charge on any atom is -0.406 e. The number of hydrogen-bond donors (Lipinski definition) is 1. The second-order valence-corrected chi connectivity index (χ2v) is 7.83. The number of thioether (sulfide) groups is 1. The molecule has 0 unspecified atom stereocenters. The third-order valence-electron chi connectivity index (χ3n) is 4.36. The van der Waals surface area contributed by atoms with E-state index >= 15 is 0 Å². The largest absolute Gasteiger partial charge is 0.573 e. The van der Waals surface area contributed by atoms with Gasteiger partial charge in [-0.3, -0.25) is 4.79 Å². The summed E-state index contributed by atoms with van der Waals surface area (Å²) in [5.41, 5.74) is 0.460. The molecule has 0 aliphatic heterocycles. The lowest BCUT2D eigenvalue weighted by Crippen LogP contribution is -2.40. The summed E-state index contributed by atoms with van der Waals surface area (Å²) < 4.78 is 42.0. The summed E-state index contributed by atoms with van der Waals surface area (Å²) >= 11 is 1.19. The number of nitrogens with zero attached hydrogens (tertiary/aromatic N) is 4. The molecule has 28 heavy (non-hydrogen) atoms. The predicted octanol–water partition coefficient (Wildman–Crippen LogP) is 3.49. The van der Waals surface area contributed by atoms with E-state index in [-0.39, 0.29) is 17.7 Å². The number of rotatable bonds is 6. The molecule has 1 atom stereocenters. The first-order chi connectivity index (χ1) is 13.3. The van der Waals surface area contributed by atoms with Crippen molar-refractivity contribution >= 4 is 17.7 Å². The van der Waals surface area contributed by atoms with E-state index in [9.17, 15) is 18.0 Å². The number of hydrogen-bond acceptors (Lipinski definition) is 6. The van der Waals surface area contributed by atoms with Crippen LogP contribution in [0.3, 0.4) is 0 Å². The van der Waals surface area contributed by atoms with Crippen LogP contribution in [0.25, 0.3) is 5.69 Å². The molecule has 2 aromatic rings. The molecule has 1 aromatic heterocycles. The summed E-state index contributed by atoms with van der Waals surface area (Å²) in [6, 6.07) is 5.39. The van der Waals surface area contributed by atoms with Crippen molar-refractivity contribution in [2.24, 2.45) is 0 Å². The van der Waals surface area contributed by atoms with Gasteiger partial charge >= 0.3 is 6.36 Å². The van der Waals surface area contributed by atoms with Gasteiger partial charge in [0.05, 0.1) is 10.9 Å². The van der Waals surface area contributed by atoms with Crippen LogP contribution in [0.1, 0.15) is 39.0 Å². The maximum atomic E-state index is 12.4. The Morgan fingerprint density at radius 2 is 1.93 bits per heavy atom. The van der Waals surface area contributed by atoms with E-state index in [2.05, 4.69) is 25.6 Å². The monoisotopic (exact) mass is 415 g/mol. The Kier molecular flexibility index (Phi) is 6.42. The summed E-state index contributed by atoms with van der Waals surface area (Å²) in [4.78, 5) is 12.4. The highest BCUT2D eigenvalue weighted by molar-refractivity contribution is 8.00. The third-order valence-corrected chi connectivity index (χ3v) is 5.39. The normalized spacial score (nSPS) is 16.6. The highest BCUT2D eigenvalue weighted by Crippen LogP contribution is 2.27. The minimum atomic E-state index is -4.75. The van der Waals surface area contributed by atoms with Crippen LogP contribution in [0.5, 0.6) is 5.75 Å². The van der Waals surface area contributed by atoms with Crippen LogP contribution in [0, 0.1) is 0 Å². The number of tetrazole rings is 1. The molecule has 1 saturated carbocycles. The van der Waals surface area contributed by atoms with Crippen molar-refractivity contribution in [2.45, 2.75) is 61.8 Å². The maximum absolute atomic E-state index is 12.4. The molecule has 0 saturated heterocycles. The van der Waals surface area contributed by atoms with Gasteiger partial charge in [0.25, 0.3) is 0 Å². The van der Waals surface area contributed by atoms with Gasteiger partial charge in [-0.2, -0.15) is 4.68 Å². The lowest BCUT2D eigenvalue weighted by atomic mass is 9.95. The second-order valence-electron chi connectivity index (χ2n) is 6.52. The fraction of sp³-hybridized carbons (Fsp3) is 0.529. The predicted molar refractivity (Wildman–Crippen MR) is 96.2 cm³/mol. The van der Waals surface area contributed by atoms with Crippen LogP contribution in [-0.4, -0.2) is 43.8 Å². The smallest absolute Gasteiger partial charge is 0.406 e. The van der Waals surface area contributed by atoms with E-state index in [1.807, 2.05) is 0 Å². The molecule has 1 fully saturated rings. The molecule has 152 valence electrons. The van der Waals surface area contributed by atoms with Crippen LogP contribution in [0.15, 0.2) is 29.4 Å². The van der Waals surface area contributed by atoms with E-state index in [1.165, 1.54) is 47.1 Å². The number of ether oxygens (including phenoxy) is 1. The summed E-state index contributed by atoms with van der Waals surface area (Å²) in [5, 5.41) is 14.4. The fourth-order valence-electron chi connectivity index (χ4n) is 2.98. The van der Waals surface area contributed by atoms with Gasteiger partial charge in [0.1, 0.15) is 5.75 Å². The highest BCUT2D eigenvalue weighted by Gasteiger charge is 2.31. The van der Waals surface area contributed by atoms with Gasteiger partial charge in [0.2, 0.25) is 11.1 Å². The molecule has 1 aliphatic carbocycles. The first-order valence-electron chi connectivity index (χ1n) is 8.93. The Morgan fingerprint density at radius 1 is 1.25 bits per heavy atom. The van der Waals surface area contributed by atoms with Gasteiger partial charge in [-0.15, -0.1) is 18.3 Å². The molecular weight excluding hydrogens is 395 g/mol. The average Bonchev–Trinajstić information content (AvgIpc) is 3.10. The molecule has 3 rings (SSSR count). The van der Waals surface area contributed by atoms with Crippen molar-refractivity contribution in [1.82, 2.24) is 25.5 Å². The molecule has 7 nitrogen and oxygen atoms in total. The quantitative estimate of drug-likeness (QED) is 0.728. The summed E-state index contributed by atoms with van der Waals surface area (Å²) in [7, 11) is 0. The van der Waals surface area contributed by atoms with Gasteiger partial charge < -0.3 is 10.1 Å². The SMILES string of the molecule is C[C@@H](Sc1nnnn1-c1ccc(OC(F)(F)F)cc1)C(=O)NC1CCCCC1. The first-order valence-corrected chi connectivity index (χ1v) is 9.81. The number of halogens is 3. The molecule has 1 N–H and O–H groups in total.